The van der Waals surface area contributed by atoms with Gasteiger partial charge in [-0.15, -0.1) is 0 Å². The molecular weight excluding hydrogens is 314 g/mol. The molecule has 1 aliphatic heterocycles. The van der Waals surface area contributed by atoms with Crippen LogP contribution in [0.4, 0.5) is 0 Å². The van der Waals surface area contributed by atoms with Gasteiger partial charge in [0.1, 0.15) is 11.6 Å². The van der Waals surface area contributed by atoms with Gasteiger partial charge in [0, 0.05) is 5.54 Å². The molecule has 1 saturated heterocycles. The van der Waals surface area contributed by atoms with Gasteiger partial charge < -0.3 is 5.32 Å². The fourth-order valence-corrected chi connectivity index (χ4v) is 3.83. The largest absolute Gasteiger partial charge is 0.349 e. The number of hydrogen-bond donors (Lipinski definition) is 2. The standard InChI is InChI=1S/C20H29N3O2/c1-19(2,3)21-18(25)20(12-8-5-9-13-20)23-17(24)16(22-23)14-15-10-6-4-7-11-15/h4,6-7,10-11,16,22H,5,8-9,12-14H2,1-3H3,(H,21,25)/t16-/m1/s1. The van der Waals surface area contributed by atoms with Crippen molar-refractivity contribution < 1.29 is 9.59 Å². The summed E-state index contributed by atoms with van der Waals surface area (Å²) in [6.45, 7) is 5.93. The summed E-state index contributed by atoms with van der Waals surface area (Å²) in [6.07, 6.45) is 5.20. The minimum Gasteiger partial charge on any atom is -0.349 e. The molecule has 5 heteroatoms. The first-order valence-corrected chi connectivity index (χ1v) is 9.29. The van der Waals surface area contributed by atoms with Crippen LogP contribution in [-0.4, -0.2) is 33.9 Å². The molecule has 0 spiro atoms. The van der Waals surface area contributed by atoms with Crippen LogP contribution in [0.2, 0.25) is 0 Å². The summed E-state index contributed by atoms with van der Waals surface area (Å²) < 4.78 is 0. The fourth-order valence-electron chi connectivity index (χ4n) is 3.83. The lowest BCUT2D eigenvalue weighted by atomic mass is 9.78. The Bertz CT molecular complexity index is 630. The molecule has 2 amide bonds. The third-order valence-corrected chi connectivity index (χ3v) is 5.11. The number of nitrogens with one attached hydrogen (secondary N) is 2. The van der Waals surface area contributed by atoms with Crippen LogP contribution < -0.4 is 10.7 Å². The van der Waals surface area contributed by atoms with Gasteiger partial charge in [0.25, 0.3) is 5.91 Å². The molecule has 0 radical (unpaired) electrons. The second kappa shape index (κ2) is 6.79. The topological polar surface area (TPSA) is 61.4 Å². The SMILES string of the molecule is CC(C)(C)NC(=O)C1(N2N[C@H](Cc3ccccc3)C2=O)CCCCC1. The molecule has 1 aliphatic carbocycles. The molecule has 2 N–H and O–H groups in total. The molecule has 0 unspecified atom stereocenters. The smallest absolute Gasteiger partial charge is 0.257 e. The summed E-state index contributed by atoms with van der Waals surface area (Å²) in [6, 6.07) is 9.76. The van der Waals surface area contributed by atoms with E-state index in [4.69, 9.17) is 0 Å². The molecule has 5 nitrogen and oxygen atoms in total. The maximum absolute atomic E-state index is 13.0. The summed E-state index contributed by atoms with van der Waals surface area (Å²) in [5, 5.41) is 4.72. The number of hydrazine groups is 1. The van der Waals surface area contributed by atoms with Crippen molar-refractivity contribution in [2.75, 3.05) is 0 Å². The van der Waals surface area contributed by atoms with Gasteiger partial charge in [-0.2, -0.15) is 0 Å². The van der Waals surface area contributed by atoms with Crippen LogP contribution in [0.25, 0.3) is 0 Å². The highest BCUT2D eigenvalue weighted by Crippen LogP contribution is 2.37. The summed E-state index contributed by atoms with van der Waals surface area (Å²) in [4.78, 5) is 25.9. The van der Waals surface area contributed by atoms with E-state index in [1.54, 1.807) is 5.01 Å². The second-order valence-corrected chi connectivity index (χ2v) is 8.34. The van der Waals surface area contributed by atoms with Crippen LogP contribution in [-0.2, 0) is 16.0 Å². The van der Waals surface area contributed by atoms with Crippen LogP contribution in [0.1, 0.15) is 58.4 Å². The van der Waals surface area contributed by atoms with Crippen molar-refractivity contribution in [3.8, 4) is 0 Å². The number of amides is 2. The zero-order chi connectivity index (χ0) is 18.1. The predicted octanol–water partition coefficient (Wildman–Crippen LogP) is 2.56. The quantitative estimate of drug-likeness (QED) is 0.883. The van der Waals surface area contributed by atoms with E-state index in [0.29, 0.717) is 6.42 Å². The van der Waals surface area contributed by atoms with Crippen LogP contribution in [0, 0.1) is 0 Å². The van der Waals surface area contributed by atoms with Crippen LogP contribution in [0.15, 0.2) is 30.3 Å². The van der Waals surface area contributed by atoms with Gasteiger partial charge in [0.2, 0.25) is 5.91 Å². The maximum Gasteiger partial charge on any atom is 0.257 e. The minimum absolute atomic E-state index is 0.0290. The van der Waals surface area contributed by atoms with Crippen LogP contribution in [0.3, 0.4) is 0 Å². The van der Waals surface area contributed by atoms with Gasteiger partial charge in [-0.05, 0) is 45.6 Å². The van der Waals surface area contributed by atoms with Crippen molar-refractivity contribution in [2.45, 2.75) is 76.4 Å². The van der Waals surface area contributed by atoms with Crippen molar-refractivity contribution in [2.24, 2.45) is 0 Å². The average Bonchev–Trinajstić information content (AvgIpc) is 2.58. The zero-order valence-corrected chi connectivity index (χ0v) is 15.5. The van der Waals surface area contributed by atoms with Crippen molar-refractivity contribution in [3.05, 3.63) is 35.9 Å². The second-order valence-electron chi connectivity index (χ2n) is 8.34. The molecule has 1 aromatic rings. The maximum atomic E-state index is 13.0. The van der Waals surface area contributed by atoms with E-state index in [1.807, 2.05) is 51.1 Å². The Hall–Kier alpha value is -1.88. The number of carbonyl (C=O) groups is 2. The molecule has 0 bridgehead atoms. The highest BCUT2D eigenvalue weighted by Gasteiger charge is 2.54. The van der Waals surface area contributed by atoms with Gasteiger partial charge in [-0.3, -0.25) is 14.6 Å². The Labute approximate surface area is 150 Å². The number of carbonyl (C=O) groups excluding carboxylic acids is 2. The van der Waals surface area contributed by atoms with Crippen molar-refractivity contribution in [1.29, 1.82) is 0 Å². The van der Waals surface area contributed by atoms with E-state index >= 15 is 0 Å². The molecule has 25 heavy (non-hydrogen) atoms. The fraction of sp³-hybridized carbons (Fsp3) is 0.600. The highest BCUT2D eigenvalue weighted by molar-refractivity contribution is 5.96. The molecule has 2 fully saturated rings. The Kier molecular flexibility index (Phi) is 4.87. The molecule has 1 atom stereocenters. The van der Waals surface area contributed by atoms with Crippen molar-refractivity contribution in [1.82, 2.24) is 15.8 Å². The number of hydrogen-bond acceptors (Lipinski definition) is 3. The molecule has 3 rings (SSSR count). The first-order chi connectivity index (χ1) is 11.8. The lowest BCUT2D eigenvalue weighted by Gasteiger charge is -2.53. The summed E-state index contributed by atoms with van der Waals surface area (Å²) in [7, 11) is 0. The number of nitrogens with zero attached hydrogens (tertiary/aromatic N) is 1. The summed E-state index contributed by atoms with van der Waals surface area (Å²) >= 11 is 0. The third kappa shape index (κ3) is 3.71. The van der Waals surface area contributed by atoms with E-state index < -0.39 is 5.54 Å². The Morgan fingerprint density at radius 2 is 1.84 bits per heavy atom. The Morgan fingerprint density at radius 1 is 1.20 bits per heavy atom. The van der Waals surface area contributed by atoms with Crippen molar-refractivity contribution in [3.63, 3.8) is 0 Å². The highest BCUT2D eigenvalue weighted by atomic mass is 16.2. The third-order valence-electron chi connectivity index (χ3n) is 5.11. The van der Waals surface area contributed by atoms with Gasteiger partial charge in [0.05, 0.1) is 0 Å². The number of benzene rings is 1. The summed E-state index contributed by atoms with van der Waals surface area (Å²) in [5.41, 5.74) is 3.36. The van der Waals surface area contributed by atoms with Crippen LogP contribution in [0.5, 0.6) is 0 Å². The first kappa shape index (κ1) is 17.9. The van der Waals surface area contributed by atoms with Gasteiger partial charge in [-0.1, -0.05) is 49.6 Å². The number of rotatable bonds is 4. The lowest BCUT2D eigenvalue weighted by Crippen LogP contribution is -2.78. The average molecular weight is 343 g/mol. The molecule has 1 aromatic carbocycles. The van der Waals surface area contributed by atoms with E-state index in [1.165, 1.54) is 0 Å². The van der Waals surface area contributed by atoms with Crippen LogP contribution >= 0.6 is 0 Å². The molecule has 1 heterocycles. The van der Waals surface area contributed by atoms with Gasteiger partial charge >= 0.3 is 0 Å². The molecule has 136 valence electrons. The van der Waals surface area contributed by atoms with E-state index in [2.05, 4.69) is 10.7 Å². The predicted molar refractivity (Wildman–Crippen MR) is 97.6 cm³/mol. The first-order valence-electron chi connectivity index (χ1n) is 9.29. The van der Waals surface area contributed by atoms with E-state index in [0.717, 1.165) is 37.7 Å². The minimum atomic E-state index is -0.740. The lowest BCUT2D eigenvalue weighted by molar-refractivity contribution is -0.175. The van der Waals surface area contributed by atoms with Crippen molar-refractivity contribution >= 4 is 11.8 Å². The molecule has 0 aromatic heterocycles. The monoisotopic (exact) mass is 343 g/mol. The van der Waals surface area contributed by atoms with Gasteiger partial charge in [0.15, 0.2) is 0 Å². The van der Waals surface area contributed by atoms with E-state index in [9.17, 15) is 9.59 Å². The zero-order valence-electron chi connectivity index (χ0n) is 15.5. The van der Waals surface area contributed by atoms with E-state index in [-0.39, 0.29) is 23.4 Å². The van der Waals surface area contributed by atoms with Gasteiger partial charge in [-0.25, -0.2) is 5.43 Å². The molecule has 2 aliphatic rings. The molecular formula is C20H29N3O2. The Morgan fingerprint density at radius 3 is 2.40 bits per heavy atom. The molecule has 1 saturated carbocycles. The Balaban J connectivity index is 1.73. The summed E-state index contributed by atoms with van der Waals surface area (Å²) in [5.74, 6) is 0.00789. The normalized spacial score (nSPS) is 23.1.